The topological polar surface area (TPSA) is 37.3 Å². The summed E-state index contributed by atoms with van der Waals surface area (Å²) in [6, 6.07) is 10.9. The summed E-state index contributed by atoms with van der Waals surface area (Å²) < 4.78 is 25.8. The Hall–Kier alpha value is -2.49. The molecule has 19 heavy (non-hydrogen) atoms. The van der Waals surface area contributed by atoms with Crippen molar-refractivity contribution in [2.75, 3.05) is 0 Å². The average molecular weight is 260 g/mol. The van der Waals surface area contributed by atoms with E-state index in [0.717, 1.165) is 6.08 Å². The van der Waals surface area contributed by atoms with Gasteiger partial charge in [0.05, 0.1) is 0 Å². The fourth-order valence-corrected chi connectivity index (χ4v) is 1.72. The number of benzene rings is 2. The molecule has 0 bridgehead atoms. The second-order valence-electron chi connectivity index (χ2n) is 3.91. The van der Waals surface area contributed by atoms with E-state index >= 15 is 0 Å². The summed E-state index contributed by atoms with van der Waals surface area (Å²) in [5.74, 6) is -1.93. The highest BCUT2D eigenvalue weighted by Gasteiger charge is 2.07. The first-order chi connectivity index (χ1) is 9.06. The Bertz CT molecular complexity index is 566. The largest absolute Gasteiger partial charge is 0.478 e. The van der Waals surface area contributed by atoms with E-state index in [2.05, 4.69) is 0 Å². The molecule has 0 aliphatic heterocycles. The van der Waals surface area contributed by atoms with Crippen molar-refractivity contribution in [3.8, 4) is 0 Å². The number of hydrogen-bond donors (Lipinski definition) is 1. The van der Waals surface area contributed by atoms with Gasteiger partial charge in [0.2, 0.25) is 0 Å². The molecule has 2 aromatic rings. The number of carbonyl (C=O) groups is 1. The van der Waals surface area contributed by atoms with Gasteiger partial charge in [0.25, 0.3) is 0 Å². The van der Waals surface area contributed by atoms with E-state index in [1.165, 1.54) is 48.5 Å². The molecule has 0 saturated carbocycles. The first-order valence-corrected chi connectivity index (χ1v) is 5.53. The average Bonchev–Trinajstić information content (AvgIpc) is 2.38. The van der Waals surface area contributed by atoms with E-state index in [1.54, 1.807) is 0 Å². The van der Waals surface area contributed by atoms with Crippen LogP contribution in [0.5, 0.6) is 0 Å². The fraction of sp³-hybridized carbons (Fsp3) is 0. The molecule has 2 aromatic carbocycles. The predicted octanol–water partition coefficient (Wildman–Crippen LogP) is 3.48. The van der Waals surface area contributed by atoms with Crippen LogP contribution in [0.4, 0.5) is 8.78 Å². The Morgan fingerprint density at radius 2 is 1.21 bits per heavy atom. The van der Waals surface area contributed by atoms with Gasteiger partial charge in [-0.15, -0.1) is 0 Å². The molecule has 0 aromatic heterocycles. The van der Waals surface area contributed by atoms with Gasteiger partial charge in [-0.05, 0) is 41.0 Å². The minimum absolute atomic E-state index is 0.396. The van der Waals surface area contributed by atoms with Crippen molar-refractivity contribution in [1.29, 1.82) is 0 Å². The summed E-state index contributed by atoms with van der Waals surface area (Å²) in [4.78, 5) is 10.9. The predicted molar refractivity (Wildman–Crippen MR) is 67.5 cm³/mol. The molecule has 0 aliphatic carbocycles. The molecule has 0 saturated heterocycles. The van der Waals surface area contributed by atoms with Crippen molar-refractivity contribution in [3.05, 3.63) is 77.4 Å². The highest BCUT2D eigenvalue weighted by molar-refractivity contribution is 5.95. The molecular formula is C15H10F2O2. The van der Waals surface area contributed by atoms with Gasteiger partial charge in [0, 0.05) is 6.08 Å². The molecular weight excluding hydrogens is 250 g/mol. The number of rotatable bonds is 3. The molecule has 0 heterocycles. The lowest BCUT2D eigenvalue weighted by Crippen LogP contribution is -1.95. The van der Waals surface area contributed by atoms with Crippen LogP contribution in [-0.4, -0.2) is 11.1 Å². The summed E-state index contributed by atoms with van der Waals surface area (Å²) in [6.45, 7) is 0. The zero-order valence-electron chi connectivity index (χ0n) is 9.81. The Morgan fingerprint density at radius 3 is 1.53 bits per heavy atom. The normalized spacial score (nSPS) is 10.0. The summed E-state index contributed by atoms with van der Waals surface area (Å²) in [7, 11) is 0. The van der Waals surface area contributed by atoms with Crippen molar-refractivity contribution in [2.24, 2.45) is 0 Å². The Labute approximate surface area is 108 Å². The van der Waals surface area contributed by atoms with Crippen LogP contribution in [0, 0.1) is 11.6 Å². The van der Waals surface area contributed by atoms with Crippen LogP contribution in [0.1, 0.15) is 11.1 Å². The lowest BCUT2D eigenvalue weighted by molar-refractivity contribution is -0.131. The number of hydrogen-bond acceptors (Lipinski definition) is 1. The van der Waals surface area contributed by atoms with Gasteiger partial charge in [0.1, 0.15) is 11.6 Å². The summed E-state index contributed by atoms with van der Waals surface area (Å²) >= 11 is 0. The molecule has 0 aliphatic rings. The van der Waals surface area contributed by atoms with E-state index in [4.69, 9.17) is 5.11 Å². The Balaban J connectivity index is 2.50. The maximum Gasteiger partial charge on any atom is 0.328 e. The monoisotopic (exact) mass is 260 g/mol. The van der Waals surface area contributed by atoms with Gasteiger partial charge in [-0.1, -0.05) is 24.3 Å². The molecule has 0 radical (unpaired) electrons. The van der Waals surface area contributed by atoms with Crippen molar-refractivity contribution in [1.82, 2.24) is 0 Å². The van der Waals surface area contributed by atoms with Crippen molar-refractivity contribution in [3.63, 3.8) is 0 Å². The second-order valence-corrected chi connectivity index (χ2v) is 3.91. The standard InChI is InChI=1S/C15H10F2O2/c16-12-5-1-10(2-6-12)14(9-15(18)19)11-3-7-13(17)8-4-11/h1-9H,(H,18,19). The van der Waals surface area contributed by atoms with Crippen molar-refractivity contribution >= 4 is 11.5 Å². The number of carboxylic acids is 1. The van der Waals surface area contributed by atoms with Gasteiger partial charge in [0.15, 0.2) is 0 Å². The number of carboxylic acid groups (broad SMARTS) is 1. The first-order valence-electron chi connectivity index (χ1n) is 5.53. The molecule has 4 heteroatoms. The zero-order chi connectivity index (χ0) is 13.8. The minimum atomic E-state index is -1.12. The molecule has 0 unspecified atom stereocenters. The second kappa shape index (κ2) is 5.44. The quantitative estimate of drug-likeness (QED) is 0.858. The third-order valence-electron chi connectivity index (χ3n) is 2.58. The van der Waals surface area contributed by atoms with Gasteiger partial charge in [-0.2, -0.15) is 0 Å². The van der Waals surface area contributed by atoms with E-state index in [-0.39, 0.29) is 0 Å². The van der Waals surface area contributed by atoms with Gasteiger partial charge >= 0.3 is 5.97 Å². The molecule has 0 atom stereocenters. The first kappa shape index (κ1) is 13.0. The van der Waals surface area contributed by atoms with E-state index in [1.807, 2.05) is 0 Å². The van der Waals surface area contributed by atoms with Crippen LogP contribution in [0.25, 0.3) is 5.57 Å². The summed E-state index contributed by atoms with van der Waals surface area (Å²) in [6.07, 6.45) is 1.01. The van der Waals surface area contributed by atoms with Crippen molar-refractivity contribution < 1.29 is 18.7 Å². The Morgan fingerprint density at radius 1 is 0.842 bits per heavy atom. The lowest BCUT2D eigenvalue weighted by atomic mass is 9.97. The highest BCUT2D eigenvalue weighted by atomic mass is 19.1. The van der Waals surface area contributed by atoms with Gasteiger partial charge in [-0.25, -0.2) is 13.6 Å². The minimum Gasteiger partial charge on any atom is -0.478 e. The smallest absolute Gasteiger partial charge is 0.328 e. The van der Waals surface area contributed by atoms with Crippen LogP contribution >= 0.6 is 0 Å². The van der Waals surface area contributed by atoms with Crippen molar-refractivity contribution in [2.45, 2.75) is 0 Å². The van der Waals surface area contributed by atoms with Crippen LogP contribution in [0.2, 0.25) is 0 Å². The maximum absolute atomic E-state index is 12.9. The lowest BCUT2D eigenvalue weighted by Gasteiger charge is -2.07. The van der Waals surface area contributed by atoms with Crippen LogP contribution < -0.4 is 0 Å². The SMILES string of the molecule is O=C(O)C=C(c1ccc(F)cc1)c1ccc(F)cc1. The maximum atomic E-state index is 12.9. The molecule has 2 rings (SSSR count). The molecule has 0 amide bonds. The van der Waals surface area contributed by atoms with Crippen LogP contribution in [-0.2, 0) is 4.79 Å². The molecule has 96 valence electrons. The summed E-state index contributed by atoms with van der Waals surface area (Å²) in [5, 5.41) is 8.89. The van der Waals surface area contributed by atoms with E-state index < -0.39 is 17.6 Å². The van der Waals surface area contributed by atoms with Gasteiger partial charge < -0.3 is 5.11 Å². The fourth-order valence-electron chi connectivity index (χ4n) is 1.72. The molecule has 0 fully saturated rings. The molecule has 0 spiro atoms. The van der Waals surface area contributed by atoms with Gasteiger partial charge in [-0.3, -0.25) is 0 Å². The van der Waals surface area contributed by atoms with Crippen LogP contribution in [0.3, 0.4) is 0 Å². The number of halogens is 2. The molecule has 1 N–H and O–H groups in total. The van der Waals surface area contributed by atoms with E-state index in [0.29, 0.717) is 16.7 Å². The van der Waals surface area contributed by atoms with Crippen LogP contribution in [0.15, 0.2) is 54.6 Å². The molecule has 2 nitrogen and oxygen atoms in total. The highest BCUT2D eigenvalue weighted by Crippen LogP contribution is 2.23. The Kier molecular flexibility index (Phi) is 3.71. The zero-order valence-corrected chi connectivity index (χ0v) is 9.81. The third-order valence-corrected chi connectivity index (χ3v) is 2.58. The third kappa shape index (κ3) is 3.25. The van der Waals surface area contributed by atoms with E-state index in [9.17, 15) is 13.6 Å². The summed E-state index contributed by atoms with van der Waals surface area (Å²) in [5.41, 5.74) is 1.50. The number of aliphatic carboxylic acids is 1.